The van der Waals surface area contributed by atoms with Crippen LogP contribution in [0.4, 0.5) is 0 Å². The Morgan fingerprint density at radius 1 is 1.00 bits per heavy atom. The highest BCUT2D eigenvalue weighted by Gasteiger charge is 1.75. The van der Waals surface area contributed by atoms with Crippen molar-refractivity contribution in [3.8, 4) is 0 Å². The van der Waals surface area contributed by atoms with Gasteiger partial charge in [0.15, 0.2) is 0 Å². The molecule has 0 saturated heterocycles. The molecule has 11 heavy (non-hydrogen) atoms. The molecule has 0 aliphatic rings. The number of unbranched alkanes of at least 4 members (excludes halogenated alkanes) is 2. The van der Waals surface area contributed by atoms with E-state index in [9.17, 15) is 4.79 Å². The Hall–Kier alpha value is -0.850. The van der Waals surface area contributed by atoms with E-state index in [1.54, 1.807) is 6.08 Å². The summed E-state index contributed by atoms with van der Waals surface area (Å²) in [6, 6.07) is 0. The van der Waals surface area contributed by atoms with Crippen molar-refractivity contribution in [3.63, 3.8) is 0 Å². The van der Waals surface area contributed by atoms with Gasteiger partial charge in [-0.05, 0) is 25.3 Å². The third-order valence-corrected chi connectivity index (χ3v) is 1.34. The lowest BCUT2D eigenvalue weighted by Crippen LogP contribution is -1.66. The fourth-order valence-electron chi connectivity index (χ4n) is 0.747. The van der Waals surface area contributed by atoms with Crippen LogP contribution in [0.2, 0.25) is 0 Å². The molecular formula is C10H16O. The quantitative estimate of drug-likeness (QED) is 0.247. The Labute approximate surface area is 68.8 Å². The molecule has 0 N–H and O–H groups in total. The second kappa shape index (κ2) is 9.15. The van der Waals surface area contributed by atoms with Crippen molar-refractivity contribution in [2.75, 3.05) is 0 Å². The van der Waals surface area contributed by atoms with Crippen LogP contribution in [0.25, 0.3) is 0 Å². The first-order valence-electron chi connectivity index (χ1n) is 4.17. The number of rotatable bonds is 6. The largest absolute Gasteiger partial charge is 0.299 e. The molecule has 1 heteroatoms. The fraction of sp³-hybridized carbons (Fsp3) is 0.500. The molecule has 1 nitrogen and oxygen atoms in total. The predicted octanol–water partition coefficient (Wildman–Crippen LogP) is 2.88. The molecule has 0 radical (unpaired) electrons. The molecule has 0 fully saturated rings. The van der Waals surface area contributed by atoms with E-state index in [4.69, 9.17) is 0 Å². The van der Waals surface area contributed by atoms with Gasteiger partial charge < -0.3 is 0 Å². The minimum atomic E-state index is 0.815. The van der Waals surface area contributed by atoms with Crippen molar-refractivity contribution in [2.45, 2.75) is 32.6 Å². The molecular weight excluding hydrogens is 136 g/mol. The normalized spacial score (nSPS) is 11.4. The van der Waals surface area contributed by atoms with E-state index in [-0.39, 0.29) is 0 Å². The van der Waals surface area contributed by atoms with Crippen molar-refractivity contribution >= 4 is 6.29 Å². The van der Waals surface area contributed by atoms with Crippen LogP contribution in [0, 0.1) is 0 Å². The van der Waals surface area contributed by atoms with Gasteiger partial charge in [0, 0.05) is 0 Å². The fourth-order valence-corrected chi connectivity index (χ4v) is 0.747. The lowest BCUT2D eigenvalue weighted by atomic mass is 10.2. The lowest BCUT2D eigenvalue weighted by molar-refractivity contribution is -0.104. The summed E-state index contributed by atoms with van der Waals surface area (Å²) in [7, 11) is 0. The molecule has 0 aromatic carbocycles. The Bertz CT molecular complexity index is 134. The minimum Gasteiger partial charge on any atom is -0.299 e. The monoisotopic (exact) mass is 152 g/mol. The van der Waals surface area contributed by atoms with Gasteiger partial charge >= 0.3 is 0 Å². The van der Waals surface area contributed by atoms with E-state index in [0.717, 1.165) is 25.5 Å². The summed E-state index contributed by atoms with van der Waals surface area (Å²) in [4.78, 5) is 9.84. The van der Waals surface area contributed by atoms with Gasteiger partial charge in [-0.1, -0.05) is 31.6 Å². The highest BCUT2D eigenvalue weighted by atomic mass is 16.1. The van der Waals surface area contributed by atoms with Gasteiger partial charge in [-0.25, -0.2) is 0 Å². The zero-order valence-electron chi connectivity index (χ0n) is 7.12. The highest BCUT2D eigenvalue weighted by molar-refractivity contribution is 5.64. The summed E-state index contributed by atoms with van der Waals surface area (Å²) < 4.78 is 0. The molecule has 0 bridgehead atoms. The third-order valence-electron chi connectivity index (χ3n) is 1.34. The molecule has 0 saturated carbocycles. The van der Waals surface area contributed by atoms with Crippen LogP contribution >= 0.6 is 0 Å². The van der Waals surface area contributed by atoms with Gasteiger partial charge in [-0.15, -0.1) is 0 Å². The summed E-state index contributed by atoms with van der Waals surface area (Å²) in [6.07, 6.45) is 13.0. The van der Waals surface area contributed by atoms with Gasteiger partial charge in [0.1, 0.15) is 6.29 Å². The van der Waals surface area contributed by atoms with Crippen LogP contribution in [-0.4, -0.2) is 6.29 Å². The van der Waals surface area contributed by atoms with Crippen molar-refractivity contribution in [3.05, 3.63) is 24.3 Å². The summed E-state index contributed by atoms with van der Waals surface area (Å²) in [5.74, 6) is 0. The first kappa shape index (κ1) is 10.2. The van der Waals surface area contributed by atoms with Gasteiger partial charge in [-0.2, -0.15) is 0 Å². The van der Waals surface area contributed by atoms with Crippen LogP contribution in [0.1, 0.15) is 32.6 Å². The SMILES string of the molecule is CCC/C=C\CC/C=C/C=O. The van der Waals surface area contributed by atoms with E-state index in [1.807, 2.05) is 6.08 Å². The Morgan fingerprint density at radius 3 is 2.27 bits per heavy atom. The molecule has 0 amide bonds. The Morgan fingerprint density at radius 2 is 1.64 bits per heavy atom. The number of hydrogen-bond acceptors (Lipinski definition) is 1. The van der Waals surface area contributed by atoms with Crippen LogP contribution < -0.4 is 0 Å². The molecule has 0 atom stereocenters. The number of hydrogen-bond donors (Lipinski definition) is 0. The summed E-state index contributed by atoms with van der Waals surface area (Å²) in [6.45, 7) is 2.16. The van der Waals surface area contributed by atoms with Crippen molar-refractivity contribution in [1.29, 1.82) is 0 Å². The topological polar surface area (TPSA) is 17.1 Å². The molecule has 0 aromatic heterocycles. The van der Waals surface area contributed by atoms with Gasteiger partial charge in [0.05, 0.1) is 0 Å². The summed E-state index contributed by atoms with van der Waals surface area (Å²) in [5.41, 5.74) is 0. The van der Waals surface area contributed by atoms with Gasteiger partial charge in [0.25, 0.3) is 0 Å². The minimum absolute atomic E-state index is 0.815. The molecule has 0 aromatic rings. The Kier molecular flexibility index (Phi) is 8.44. The van der Waals surface area contributed by atoms with Crippen molar-refractivity contribution in [2.24, 2.45) is 0 Å². The summed E-state index contributed by atoms with van der Waals surface area (Å²) in [5, 5.41) is 0. The van der Waals surface area contributed by atoms with E-state index < -0.39 is 0 Å². The molecule has 0 spiro atoms. The van der Waals surface area contributed by atoms with Gasteiger partial charge in [0.2, 0.25) is 0 Å². The van der Waals surface area contributed by atoms with Crippen molar-refractivity contribution < 1.29 is 4.79 Å². The second-order valence-corrected chi connectivity index (χ2v) is 2.40. The first-order chi connectivity index (χ1) is 5.41. The van der Waals surface area contributed by atoms with E-state index in [1.165, 1.54) is 6.42 Å². The Balaban J connectivity index is 3.12. The second-order valence-electron chi connectivity index (χ2n) is 2.40. The average molecular weight is 152 g/mol. The first-order valence-corrected chi connectivity index (χ1v) is 4.17. The lowest BCUT2D eigenvalue weighted by Gasteiger charge is -1.85. The molecule has 0 aliphatic heterocycles. The third kappa shape index (κ3) is 9.15. The van der Waals surface area contributed by atoms with Crippen LogP contribution in [0.5, 0.6) is 0 Å². The maximum Gasteiger partial charge on any atom is 0.142 e. The molecule has 0 rings (SSSR count). The molecule has 0 aliphatic carbocycles. The smallest absolute Gasteiger partial charge is 0.142 e. The molecule has 0 heterocycles. The zero-order valence-corrected chi connectivity index (χ0v) is 7.12. The number of allylic oxidation sites excluding steroid dienone is 4. The maximum absolute atomic E-state index is 9.84. The average Bonchev–Trinajstić information content (AvgIpc) is 2.03. The summed E-state index contributed by atoms with van der Waals surface area (Å²) >= 11 is 0. The van der Waals surface area contributed by atoms with E-state index >= 15 is 0 Å². The van der Waals surface area contributed by atoms with Crippen LogP contribution in [0.15, 0.2) is 24.3 Å². The van der Waals surface area contributed by atoms with E-state index in [2.05, 4.69) is 19.1 Å². The van der Waals surface area contributed by atoms with Crippen molar-refractivity contribution in [1.82, 2.24) is 0 Å². The number of aldehydes is 1. The van der Waals surface area contributed by atoms with E-state index in [0.29, 0.717) is 0 Å². The predicted molar refractivity (Wildman–Crippen MR) is 48.5 cm³/mol. The number of carbonyl (C=O) groups excluding carboxylic acids is 1. The van der Waals surface area contributed by atoms with Crippen LogP contribution in [-0.2, 0) is 4.79 Å². The maximum atomic E-state index is 9.84. The highest BCUT2D eigenvalue weighted by Crippen LogP contribution is 1.95. The standard InChI is InChI=1S/C10H16O/c1-2-3-4-5-6-7-8-9-10-11/h4-5,8-10H,2-3,6-7H2,1H3/b5-4-,9-8+. The number of carbonyl (C=O) groups is 1. The molecule has 0 unspecified atom stereocenters. The zero-order chi connectivity index (χ0) is 8.36. The van der Waals surface area contributed by atoms with Gasteiger partial charge in [-0.3, -0.25) is 4.79 Å². The molecule has 62 valence electrons. The van der Waals surface area contributed by atoms with Crippen LogP contribution in [0.3, 0.4) is 0 Å².